The number of terminal acetylenes is 1. The zero-order valence-corrected chi connectivity index (χ0v) is 14.4. The predicted molar refractivity (Wildman–Crippen MR) is 90.5 cm³/mol. The molecule has 0 bridgehead atoms. The first kappa shape index (κ1) is 15.5. The Morgan fingerprint density at radius 3 is 2.61 bits per heavy atom. The minimum absolute atomic E-state index is 0.120. The van der Waals surface area contributed by atoms with Gasteiger partial charge in [0, 0.05) is 11.8 Å². The van der Waals surface area contributed by atoms with Gasteiger partial charge >= 0.3 is 0 Å². The molecule has 0 saturated heterocycles. The third-order valence-electron chi connectivity index (χ3n) is 8.35. The van der Waals surface area contributed by atoms with Crippen LogP contribution in [0.3, 0.4) is 0 Å². The van der Waals surface area contributed by atoms with Crippen LogP contribution in [0.5, 0.6) is 0 Å². The monoisotopic (exact) mass is 312 g/mol. The summed E-state index contributed by atoms with van der Waals surface area (Å²) in [5.41, 5.74) is 0.575. The van der Waals surface area contributed by atoms with E-state index in [1.165, 1.54) is 12.0 Å². The van der Waals surface area contributed by atoms with Crippen LogP contribution in [0.4, 0.5) is 0 Å². The van der Waals surface area contributed by atoms with Crippen molar-refractivity contribution in [1.29, 1.82) is 0 Å². The van der Waals surface area contributed by atoms with E-state index >= 15 is 0 Å². The number of hydrogen-bond acceptors (Lipinski definition) is 2. The van der Waals surface area contributed by atoms with Crippen molar-refractivity contribution in [3.8, 4) is 12.3 Å². The highest BCUT2D eigenvalue weighted by Crippen LogP contribution is 2.67. The summed E-state index contributed by atoms with van der Waals surface area (Å²) in [7, 11) is 0. The highest BCUT2D eigenvalue weighted by molar-refractivity contribution is 5.91. The molecule has 0 spiro atoms. The fraction of sp³-hybridized carbons (Fsp3) is 0.762. The van der Waals surface area contributed by atoms with E-state index in [9.17, 15) is 9.90 Å². The van der Waals surface area contributed by atoms with Gasteiger partial charge in [-0.1, -0.05) is 25.3 Å². The van der Waals surface area contributed by atoms with Crippen LogP contribution in [0.15, 0.2) is 11.6 Å². The number of allylic oxidation sites excluding steroid dienone is 1. The van der Waals surface area contributed by atoms with E-state index in [0.717, 1.165) is 38.5 Å². The van der Waals surface area contributed by atoms with Crippen LogP contribution in [0, 0.1) is 40.9 Å². The molecule has 0 aromatic heterocycles. The van der Waals surface area contributed by atoms with Gasteiger partial charge < -0.3 is 5.11 Å². The van der Waals surface area contributed by atoms with Gasteiger partial charge in [0.1, 0.15) is 5.60 Å². The average Bonchev–Trinajstić information content (AvgIpc) is 2.80. The molecule has 0 aromatic carbocycles. The van der Waals surface area contributed by atoms with Gasteiger partial charge in [0.25, 0.3) is 0 Å². The van der Waals surface area contributed by atoms with E-state index in [0.29, 0.717) is 30.0 Å². The molecule has 0 unspecified atom stereocenters. The van der Waals surface area contributed by atoms with Crippen LogP contribution in [0.25, 0.3) is 0 Å². The quantitative estimate of drug-likeness (QED) is 0.689. The van der Waals surface area contributed by atoms with Crippen molar-refractivity contribution in [2.75, 3.05) is 0 Å². The van der Waals surface area contributed by atoms with Gasteiger partial charge in [0.05, 0.1) is 0 Å². The second-order valence-electron chi connectivity index (χ2n) is 8.97. The summed E-state index contributed by atoms with van der Waals surface area (Å²) < 4.78 is 0. The molecule has 3 saturated carbocycles. The van der Waals surface area contributed by atoms with Crippen molar-refractivity contribution in [2.45, 2.75) is 70.8 Å². The summed E-state index contributed by atoms with van der Waals surface area (Å²) in [6, 6.07) is 0. The molecule has 0 amide bonds. The Kier molecular flexibility index (Phi) is 3.18. The maximum Gasteiger partial charge on any atom is 0.155 e. The maximum atomic E-state index is 11.8. The summed E-state index contributed by atoms with van der Waals surface area (Å²) >= 11 is 0. The molecule has 0 heterocycles. The number of carbonyl (C=O) groups is 1. The van der Waals surface area contributed by atoms with Crippen LogP contribution in [0.2, 0.25) is 0 Å². The lowest BCUT2D eigenvalue weighted by atomic mass is 9.46. The van der Waals surface area contributed by atoms with Gasteiger partial charge in [0.2, 0.25) is 0 Å². The van der Waals surface area contributed by atoms with Crippen LogP contribution >= 0.6 is 0 Å². The van der Waals surface area contributed by atoms with E-state index in [1.54, 1.807) is 0 Å². The number of rotatable bonds is 0. The minimum atomic E-state index is -0.914. The second-order valence-corrected chi connectivity index (χ2v) is 8.97. The highest BCUT2D eigenvalue weighted by atomic mass is 16.3. The normalized spacial score (nSPS) is 52.0. The molecule has 3 fully saturated rings. The summed E-state index contributed by atoms with van der Waals surface area (Å²) in [6.07, 6.45) is 15.6. The van der Waals surface area contributed by atoms with Gasteiger partial charge in [0.15, 0.2) is 5.78 Å². The van der Waals surface area contributed by atoms with Gasteiger partial charge in [-0.25, -0.2) is 0 Å². The Hall–Kier alpha value is -1.07. The lowest BCUT2D eigenvalue weighted by molar-refractivity contribution is -0.119. The van der Waals surface area contributed by atoms with Crippen molar-refractivity contribution >= 4 is 5.78 Å². The molecule has 4 aliphatic carbocycles. The first-order valence-corrected chi connectivity index (χ1v) is 9.28. The third-order valence-corrected chi connectivity index (χ3v) is 8.35. The summed E-state index contributed by atoms with van der Waals surface area (Å²) in [6.45, 7) is 4.63. The molecular weight excluding hydrogens is 284 g/mol. The van der Waals surface area contributed by atoms with Gasteiger partial charge in [-0.2, -0.15) is 0 Å². The number of ketones is 1. The van der Waals surface area contributed by atoms with Crippen molar-refractivity contribution in [1.82, 2.24) is 0 Å². The smallest absolute Gasteiger partial charge is 0.155 e. The van der Waals surface area contributed by atoms with E-state index in [1.807, 2.05) is 6.08 Å². The lowest BCUT2D eigenvalue weighted by Gasteiger charge is -2.58. The summed E-state index contributed by atoms with van der Waals surface area (Å²) in [5, 5.41) is 11.0. The fourth-order valence-electron chi connectivity index (χ4n) is 6.81. The van der Waals surface area contributed by atoms with E-state index in [4.69, 9.17) is 6.42 Å². The summed E-state index contributed by atoms with van der Waals surface area (Å²) in [5.74, 6) is 4.93. The zero-order valence-electron chi connectivity index (χ0n) is 14.4. The Balaban J connectivity index is 1.70. The topological polar surface area (TPSA) is 37.3 Å². The van der Waals surface area contributed by atoms with Gasteiger partial charge in [-0.05, 0) is 74.2 Å². The number of aliphatic hydroxyl groups is 1. The first-order chi connectivity index (χ1) is 10.8. The minimum Gasteiger partial charge on any atom is -0.377 e. The molecule has 2 nitrogen and oxygen atoms in total. The highest BCUT2D eigenvalue weighted by Gasteiger charge is 2.63. The Labute approximate surface area is 139 Å². The van der Waals surface area contributed by atoms with E-state index in [2.05, 4.69) is 19.8 Å². The molecule has 1 N–H and O–H groups in total. The molecule has 4 rings (SSSR count). The van der Waals surface area contributed by atoms with Crippen LogP contribution in [-0.4, -0.2) is 16.5 Å². The zero-order chi connectivity index (χ0) is 16.5. The molecule has 4 aliphatic rings. The third kappa shape index (κ3) is 1.84. The molecule has 6 atom stereocenters. The van der Waals surface area contributed by atoms with Crippen LogP contribution in [-0.2, 0) is 4.79 Å². The van der Waals surface area contributed by atoms with E-state index < -0.39 is 5.60 Å². The molecule has 0 aromatic rings. The molecular formula is C21H28O2. The Morgan fingerprint density at radius 1 is 1.13 bits per heavy atom. The van der Waals surface area contributed by atoms with Crippen molar-refractivity contribution in [3.05, 3.63) is 11.6 Å². The van der Waals surface area contributed by atoms with Crippen LogP contribution < -0.4 is 0 Å². The molecule has 0 radical (unpaired) electrons. The second kappa shape index (κ2) is 4.73. The van der Waals surface area contributed by atoms with Crippen LogP contribution in [0.1, 0.15) is 65.2 Å². The first-order valence-electron chi connectivity index (χ1n) is 9.28. The molecule has 23 heavy (non-hydrogen) atoms. The number of carbonyl (C=O) groups excluding carboxylic acids is 1. The molecule has 124 valence electrons. The van der Waals surface area contributed by atoms with Gasteiger partial charge in [-0.3, -0.25) is 4.79 Å². The standard InChI is InChI=1S/C21H28O2/c1-4-21(23)12-9-18-16-6-5-14-13-15(22)7-10-19(14,2)17(16)8-11-20(18,21)3/h1,13,16-18,23H,5-12H2,2-3H3/t16-,17+,18-,19+,20+,21-/m1/s1. The Morgan fingerprint density at radius 2 is 1.87 bits per heavy atom. The average molecular weight is 312 g/mol. The molecule has 0 aliphatic heterocycles. The lowest BCUT2D eigenvalue weighted by Crippen LogP contribution is -2.54. The largest absolute Gasteiger partial charge is 0.377 e. The van der Waals surface area contributed by atoms with Crippen molar-refractivity contribution < 1.29 is 9.90 Å². The Bertz CT molecular complexity index is 626. The van der Waals surface area contributed by atoms with Crippen molar-refractivity contribution in [3.63, 3.8) is 0 Å². The van der Waals surface area contributed by atoms with Gasteiger partial charge in [-0.15, -0.1) is 6.42 Å². The maximum absolute atomic E-state index is 11.8. The predicted octanol–water partition coefficient (Wildman–Crippen LogP) is 3.88. The summed E-state index contributed by atoms with van der Waals surface area (Å²) in [4.78, 5) is 11.8. The fourth-order valence-corrected chi connectivity index (χ4v) is 6.81. The number of hydrogen-bond donors (Lipinski definition) is 1. The SMILES string of the molecule is C#C[C@@]1(O)CC[C@@H]2[C@@H]3CCC4=CC(=O)CC[C@]4(C)[C@H]3CC[C@@]21C. The molecule has 2 heteroatoms. The van der Waals surface area contributed by atoms with E-state index in [-0.39, 0.29) is 10.8 Å². The number of fused-ring (bicyclic) bond motifs is 5. The van der Waals surface area contributed by atoms with Crippen molar-refractivity contribution in [2.24, 2.45) is 28.6 Å².